The largest absolute Gasteiger partial charge is 0.341 e. The maximum absolute atomic E-state index is 2.56. The van der Waals surface area contributed by atoms with E-state index in [2.05, 4.69) is 204 Å². The highest BCUT2D eigenvalue weighted by molar-refractivity contribution is 6.06. The van der Waals surface area contributed by atoms with Crippen molar-refractivity contribution in [1.29, 1.82) is 0 Å². The van der Waals surface area contributed by atoms with E-state index in [1.165, 1.54) is 107 Å². The molecule has 0 unspecified atom stereocenters. The standard InChI is InChI=1S/C56H42N2/c1-2-16-44-37-56(36-43(44)15-1)50-34-38(24-30-47(50)48-31-29-45(35-51(48)56)57-33-11-17-40-12-3-8-20-52(40)57)23-25-39-28-32-55(49-19-7-6-18-46(39)49)58-53-21-9-4-13-41(53)26-27-42-14-5-10-22-54(42)58/h1-10,12-16,18-32,34-35H,11,17,33,36-37H2. The van der Waals surface area contributed by atoms with Crippen molar-refractivity contribution in [2.75, 3.05) is 16.3 Å². The summed E-state index contributed by atoms with van der Waals surface area (Å²) < 4.78 is 0. The maximum atomic E-state index is 2.56. The zero-order valence-corrected chi connectivity index (χ0v) is 32.4. The van der Waals surface area contributed by atoms with Gasteiger partial charge in [0, 0.05) is 28.7 Å². The van der Waals surface area contributed by atoms with E-state index in [1.54, 1.807) is 0 Å². The van der Waals surface area contributed by atoms with Gasteiger partial charge in [-0.1, -0.05) is 158 Å². The topological polar surface area (TPSA) is 6.48 Å². The molecule has 2 heterocycles. The van der Waals surface area contributed by atoms with Gasteiger partial charge >= 0.3 is 0 Å². The Morgan fingerprint density at radius 1 is 0.466 bits per heavy atom. The van der Waals surface area contributed by atoms with Crippen LogP contribution in [0.4, 0.5) is 28.4 Å². The summed E-state index contributed by atoms with van der Waals surface area (Å²) in [6.07, 6.45) is 13.5. The zero-order valence-electron chi connectivity index (χ0n) is 32.4. The minimum Gasteiger partial charge on any atom is -0.341 e. The van der Waals surface area contributed by atoms with Crippen LogP contribution in [-0.2, 0) is 24.7 Å². The molecule has 0 radical (unpaired) electrons. The lowest BCUT2D eigenvalue weighted by molar-refractivity contribution is 0.563. The van der Waals surface area contributed by atoms with Gasteiger partial charge in [0.25, 0.3) is 0 Å². The molecular formula is C56H42N2. The van der Waals surface area contributed by atoms with Crippen LogP contribution in [-0.4, -0.2) is 6.54 Å². The number of para-hydroxylation sites is 3. The van der Waals surface area contributed by atoms with Gasteiger partial charge < -0.3 is 9.80 Å². The number of hydrogen-bond donors (Lipinski definition) is 0. The molecule has 4 aliphatic rings. The van der Waals surface area contributed by atoms with Crippen LogP contribution in [0.2, 0.25) is 0 Å². The summed E-state index contributed by atoms with van der Waals surface area (Å²) in [6.45, 7) is 1.05. The predicted octanol–water partition coefficient (Wildman–Crippen LogP) is 14.1. The Balaban J connectivity index is 0.945. The number of aryl methyl sites for hydroxylation is 1. The number of anilines is 5. The third-order valence-electron chi connectivity index (χ3n) is 13.3. The first-order valence-electron chi connectivity index (χ1n) is 20.8. The van der Waals surface area contributed by atoms with E-state index < -0.39 is 0 Å². The molecule has 2 aliphatic heterocycles. The van der Waals surface area contributed by atoms with Crippen molar-refractivity contribution in [3.63, 3.8) is 0 Å². The third kappa shape index (κ3) is 5.11. The van der Waals surface area contributed by atoms with E-state index >= 15 is 0 Å². The minimum atomic E-state index is -0.0908. The van der Waals surface area contributed by atoms with Gasteiger partial charge in [-0.15, -0.1) is 0 Å². The van der Waals surface area contributed by atoms with Crippen molar-refractivity contribution >= 4 is 63.5 Å². The molecule has 2 aliphatic carbocycles. The summed E-state index contributed by atoms with van der Waals surface area (Å²) in [5.41, 5.74) is 21.1. The first-order chi connectivity index (χ1) is 28.7. The van der Waals surface area contributed by atoms with Crippen LogP contribution < -0.4 is 9.80 Å². The molecular weight excluding hydrogens is 701 g/mol. The van der Waals surface area contributed by atoms with E-state index in [1.807, 2.05) is 0 Å². The molecule has 0 fully saturated rings. The van der Waals surface area contributed by atoms with E-state index in [9.17, 15) is 0 Å². The Morgan fingerprint density at radius 2 is 1.07 bits per heavy atom. The van der Waals surface area contributed by atoms with Gasteiger partial charge in [0.15, 0.2) is 0 Å². The van der Waals surface area contributed by atoms with Gasteiger partial charge in [0.1, 0.15) is 0 Å². The summed E-state index contributed by atoms with van der Waals surface area (Å²) in [7, 11) is 0. The van der Waals surface area contributed by atoms with E-state index in [0.29, 0.717) is 0 Å². The summed E-state index contributed by atoms with van der Waals surface area (Å²) in [5, 5.41) is 2.47. The molecule has 0 saturated heterocycles. The third-order valence-corrected chi connectivity index (χ3v) is 13.3. The number of fused-ring (bicyclic) bond motifs is 10. The molecule has 8 aromatic rings. The molecule has 276 valence electrons. The Hall–Kier alpha value is -6.90. The van der Waals surface area contributed by atoms with Crippen LogP contribution in [0, 0.1) is 0 Å². The molecule has 0 N–H and O–H groups in total. The highest BCUT2D eigenvalue weighted by Crippen LogP contribution is 2.57. The normalized spacial score (nSPS) is 15.5. The van der Waals surface area contributed by atoms with Crippen molar-refractivity contribution in [2.45, 2.75) is 31.1 Å². The number of nitrogens with zero attached hydrogens (tertiary/aromatic N) is 2. The minimum absolute atomic E-state index is 0.0908. The lowest BCUT2D eigenvalue weighted by Gasteiger charge is -2.33. The number of hydrogen-bond acceptors (Lipinski definition) is 2. The molecule has 0 saturated carbocycles. The summed E-state index contributed by atoms with van der Waals surface area (Å²) in [5.74, 6) is 0. The van der Waals surface area contributed by atoms with Crippen molar-refractivity contribution in [3.05, 3.63) is 220 Å². The van der Waals surface area contributed by atoms with Crippen LogP contribution in [0.15, 0.2) is 170 Å². The second kappa shape index (κ2) is 13.1. The van der Waals surface area contributed by atoms with Gasteiger partial charge in [-0.3, -0.25) is 0 Å². The number of rotatable bonds is 4. The van der Waals surface area contributed by atoms with Crippen molar-refractivity contribution in [3.8, 4) is 11.1 Å². The van der Waals surface area contributed by atoms with Crippen molar-refractivity contribution in [2.24, 2.45) is 0 Å². The quantitative estimate of drug-likeness (QED) is 0.166. The van der Waals surface area contributed by atoms with Crippen LogP contribution in [0.5, 0.6) is 0 Å². The van der Waals surface area contributed by atoms with Gasteiger partial charge in [-0.2, -0.15) is 0 Å². The smallest absolute Gasteiger partial charge is 0.0540 e. The average molecular weight is 743 g/mol. The lowest BCUT2D eigenvalue weighted by atomic mass is 9.75. The Bertz CT molecular complexity index is 2940. The molecule has 0 atom stereocenters. The molecule has 1 spiro atoms. The second-order valence-electron chi connectivity index (χ2n) is 16.5. The Kier molecular flexibility index (Phi) is 7.50. The van der Waals surface area contributed by atoms with Gasteiger partial charge in [0.2, 0.25) is 0 Å². The second-order valence-corrected chi connectivity index (χ2v) is 16.5. The fraction of sp³-hybridized carbons (Fsp3) is 0.107. The van der Waals surface area contributed by atoms with Gasteiger partial charge in [-0.25, -0.2) is 0 Å². The van der Waals surface area contributed by atoms with Crippen molar-refractivity contribution in [1.82, 2.24) is 0 Å². The van der Waals surface area contributed by atoms with Crippen LogP contribution >= 0.6 is 0 Å². The fourth-order valence-electron chi connectivity index (χ4n) is 10.6. The monoisotopic (exact) mass is 742 g/mol. The maximum Gasteiger partial charge on any atom is 0.0540 e. The summed E-state index contributed by atoms with van der Waals surface area (Å²) >= 11 is 0. The fourth-order valence-corrected chi connectivity index (χ4v) is 10.6. The SMILES string of the molecule is C(=Cc1ccc(N2c3ccccc3C=Cc3ccccc32)c2ccccc12)c1ccc2c(c1)C1(Cc3ccccc3C1)c1cc(N3CCCc4ccccc43)ccc1-2. The van der Waals surface area contributed by atoms with E-state index in [4.69, 9.17) is 0 Å². The average Bonchev–Trinajstić information content (AvgIpc) is 3.74. The zero-order chi connectivity index (χ0) is 38.2. The van der Waals surface area contributed by atoms with E-state index in [-0.39, 0.29) is 5.41 Å². The number of benzene rings is 8. The van der Waals surface area contributed by atoms with Crippen LogP contribution in [0.1, 0.15) is 56.5 Å². The Labute approximate surface area is 340 Å². The predicted molar refractivity (Wildman–Crippen MR) is 245 cm³/mol. The summed E-state index contributed by atoms with van der Waals surface area (Å²) in [6, 6.07) is 63.6. The Morgan fingerprint density at radius 3 is 1.81 bits per heavy atom. The molecule has 12 rings (SSSR count). The first-order valence-corrected chi connectivity index (χ1v) is 20.8. The molecule has 8 aromatic carbocycles. The highest BCUT2D eigenvalue weighted by atomic mass is 15.2. The molecule has 0 bridgehead atoms. The van der Waals surface area contributed by atoms with Gasteiger partial charge in [-0.05, 0) is 129 Å². The summed E-state index contributed by atoms with van der Waals surface area (Å²) in [4.78, 5) is 5.00. The van der Waals surface area contributed by atoms with Crippen molar-refractivity contribution < 1.29 is 0 Å². The lowest BCUT2D eigenvalue weighted by Crippen LogP contribution is -2.27. The highest BCUT2D eigenvalue weighted by Gasteiger charge is 2.47. The van der Waals surface area contributed by atoms with Crippen LogP contribution in [0.25, 0.3) is 46.2 Å². The van der Waals surface area contributed by atoms with E-state index in [0.717, 1.165) is 25.8 Å². The molecule has 0 amide bonds. The molecule has 2 heteroatoms. The first kappa shape index (κ1) is 33.3. The molecule has 0 aromatic heterocycles. The van der Waals surface area contributed by atoms with Gasteiger partial charge in [0.05, 0.1) is 17.1 Å². The van der Waals surface area contributed by atoms with Crippen LogP contribution in [0.3, 0.4) is 0 Å². The molecule has 2 nitrogen and oxygen atoms in total. The molecule has 58 heavy (non-hydrogen) atoms.